The SMILES string of the molecule is C(#Cc1nc2ccccc2n1-c1ccccc1)c1ccccc1. The molecule has 1 heterocycles. The molecule has 108 valence electrons. The highest BCUT2D eigenvalue weighted by molar-refractivity contribution is 5.79. The van der Waals surface area contributed by atoms with Crippen LogP contribution in [-0.2, 0) is 0 Å². The second-order valence-electron chi connectivity index (χ2n) is 5.21. The molecule has 4 rings (SSSR count). The number of hydrogen-bond acceptors (Lipinski definition) is 1. The molecule has 2 heteroatoms. The minimum Gasteiger partial charge on any atom is -0.286 e. The Hall–Kier alpha value is -3.31. The first-order chi connectivity index (χ1) is 11.4. The van der Waals surface area contributed by atoms with Gasteiger partial charge in [-0.1, -0.05) is 54.5 Å². The van der Waals surface area contributed by atoms with Crippen molar-refractivity contribution in [2.24, 2.45) is 0 Å². The Morgan fingerprint density at radius 3 is 2.09 bits per heavy atom. The number of imidazole rings is 1. The van der Waals surface area contributed by atoms with E-state index in [1.165, 1.54) is 0 Å². The smallest absolute Gasteiger partial charge is 0.191 e. The average Bonchev–Trinajstić information content (AvgIpc) is 3.00. The number of aromatic nitrogens is 2. The highest BCUT2D eigenvalue weighted by atomic mass is 15.1. The zero-order valence-electron chi connectivity index (χ0n) is 12.5. The third kappa shape index (κ3) is 2.61. The van der Waals surface area contributed by atoms with Gasteiger partial charge in [-0.05, 0) is 42.3 Å². The molecule has 0 saturated carbocycles. The number of benzene rings is 3. The molecule has 0 aliphatic carbocycles. The number of fused-ring (bicyclic) bond motifs is 1. The summed E-state index contributed by atoms with van der Waals surface area (Å²) < 4.78 is 2.10. The van der Waals surface area contributed by atoms with Crippen LogP contribution in [-0.4, -0.2) is 9.55 Å². The van der Waals surface area contributed by atoms with Crippen molar-refractivity contribution in [2.45, 2.75) is 0 Å². The van der Waals surface area contributed by atoms with Gasteiger partial charge < -0.3 is 0 Å². The van der Waals surface area contributed by atoms with E-state index in [1.807, 2.05) is 66.7 Å². The van der Waals surface area contributed by atoms with Crippen LogP contribution in [0.1, 0.15) is 11.4 Å². The molecule has 0 saturated heterocycles. The fourth-order valence-electron chi connectivity index (χ4n) is 2.60. The molecule has 0 atom stereocenters. The molecule has 0 bridgehead atoms. The highest BCUT2D eigenvalue weighted by Gasteiger charge is 2.09. The Morgan fingerprint density at radius 1 is 0.652 bits per heavy atom. The Bertz CT molecular complexity index is 1000. The summed E-state index contributed by atoms with van der Waals surface area (Å²) in [7, 11) is 0. The Labute approximate surface area is 135 Å². The lowest BCUT2D eigenvalue weighted by molar-refractivity contribution is 1.06. The molecule has 0 amide bonds. The standard InChI is InChI=1S/C21H14N2/c1-3-9-17(10-4-1)15-16-21-22-19-13-7-8-14-20(19)23(21)18-11-5-2-6-12-18/h1-14H. The first kappa shape index (κ1) is 13.4. The van der Waals surface area contributed by atoms with Crippen LogP contribution in [0.2, 0.25) is 0 Å². The summed E-state index contributed by atoms with van der Waals surface area (Å²) in [6.07, 6.45) is 0. The lowest BCUT2D eigenvalue weighted by Crippen LogP contribution is -1.97. The van der Waals surface area contributed by atoms with Gasteiger partial charge >= 0.3 is 0 Å². The van der Waals surface area contributed by atoms with E-state index in [0.29, 0.717) is 0 Å². The third-order valence-electron chi connectivity index (χ3n) is 3.67. The Morgan fingerprint density at radius 2 is 1.30 bits per heavy atom. The van der Waals surface area contributed by atoms with Crippen LogP contribution in [0.25, 0.3) is 16.7 Å². The molecule has 4 aromatic rings. The predicted molar refractivity (Wildman–Crippen MR) is 93.5 cm³/mol. The van der Waals surface area contributed by atoms with E-state index < -0.39 is 0 Å². The summed E-state index contributed by atoms with van der Waals surface area (Å²) in [5.41, 5.74) is 4.07. The minimum atomic E-state index is 0.751. The van der Waals surface area contributed by atoms with Crippen molar-refractivity contribution >= 4 is 11.0 Å². The van der Waals surface area contributed by atoms with E-state index in [1.54, 1.807) is 0 Å². The lowest BCUT2D eigenvalue weighted by atomic mass is 10.2. The van der Waals surface area contributed by atoms with Gasteiger partial charge in [0.2, 0.25) is 0 Å². The molecule has 0 fully saturated rings. The zero-order chi connectivity index (χ0) is 15.5. The maximum atomic E-state index is 4.69. The van der Waals surface area contributed by atoms with Gasteiger partial charge in [-0.3, -0.25) is 4.57 Å². The van der Waals surface area contributed by atoms with Gasteiger partial charge in [0.15, 0.2) is 5.82 Å². The quantitative estimate of drug-likeness (QED) is 0.475. The van der Waals surface area contributed by atoms with Gasteiger partial charge in [0.25, 0.3) is 0 Å². The molecule has 2 nitrogen and oxygen atoms in total. The summed E-state index contributed by atoms with van der Waals surface area (Å²) in [5.74, 6) is 7.17. The van der Waals surface area contributed by atoms with E-state index in [2.05, 4.69) is 34.6 Å². The second-order valence-corrected chi connectivity index (χ2v) is 5.21. The molecular weight excluding hydrogens is 280 g/mol. The minimum absolute atomic E-state index is 0.751. The fourth-order valence-corrected chi connectivity index (χ4v) is 2.60. The topological polar surface area (TPSA) is 17.8 Å². The molecule has 0 radical (unpaired) electrons. The fraction of sp³-hybridized carbons (Fsp3) is 0. The zero-order valence-corrected chi connectivity index (χ0v) is 12.5. The number of nitrogens with zero attached hydrogens (tertiary/aromatic N) is 2. The van der Waals surface area contributed by atoms with E-state index in [9.17, 15) is 0 Å². The molecule has 0 aliphatic heterocycles. The largest absolute Gasteiger partial charge is 0.286 e. The average molecular weight is 294 g/mol. The van der Waals surface area contributed by atoms with Crippen molar-refractivity contribution in [3.8, 4) is 17.5 Å². The van der Waals surface area contributed by atoms with Crippen LogP contribution in [0.3, 0.4) is 0 Å². The van der Waals surface area contributed by atoms with Crippen molar-refractivity contribution in [1.82, 2.24) is 9.55 Å². The first-order valence-corrected chi connectivity index (χ1v) is 7.52. The molecule has 1 aromatic heterocycles. The lowest BCUT2D eigenvalue weighted by Gasteiger charge is -2.05. The molecule has 0 spiro atoms. The summed E-state index contributed by atoms with van der Waals surface area (Å²) in [4.78, 5) is 4.69. The van der Waals surface area contributed by atoms with Crippen LogP contribution in [0.5, 0.6) is 0 Å². The summed E-state index contributed by atoms with van der Waals surface area (Å²) >= 11 is 0. The van der Waals surface area contributed by atoms with Crippen LogP contribution in [0.4, 0.5) is 0 Å². The van der Waals surface area contributed by atoms with Gasteiger partial charge in [-0.25, -0.2) is 4.98 Å². The van der Waals surface area contributed by atoms with E-state index in [4.69, 9.17) is 4.98 Å². The number of hydrogen-bond donors (Lipinski definition) is 0. The Balaban J connectivity index is 1.92. The van der Waals surface area contributed by atoms with Crippen LogP contribution < -0.4 is 0 Å². The predicted octanol–water partition coefficient (Wildman–Crippen LogP) is 4.43. The first-order valence-electron chi connectivity index (χ1n) is 7.52. The number of rotatable bonds is 1. The van der Waals surface area contributed by atoms with E-state index >= 15 is 0 Å². The van der Waals surface area contributed by atoms with Crippen molar-refractivity contribution in [3.05, 3.63) is 96.3 Å². The molecule has 23 heavy (non-hydrogen) atoms. The highest BCUT2D eigenvalue weighted by Crippen LogP contribution is 2.20. The summed E-state index contributed by atoms with van der Waals surface area (Å²) in [5, 5.41) is 0. The van der Waals surface area contributed by atoms with Gasteiger partial charge in [0, 0.05) is 11.3 Å². The van der Waals surface area contributed by atoms with Crippen LogP contribution in [0, 0.1) is 11.8 Å². The van der Waals surface area contributed by atoms with E-state index in [-0.39, 0.29) is 0 Å². The summed E-state index contributed by atoms with van der Waals surface area (Å²) in [6, 6.07) is 28.3. The molecule has 3 aromatic carbocycles. The summed E-state index contributed by atoms with van der Waals surface area (Å²) in [6.45, 7) is 0. The van der Waals surface area contributed by atoms with Crippen molar-refractivity contribution in [3.63, 3.8) is 0 Å². The maximum Gasteiger partial charge on any atom is 0.191 e. The Kier molecular flexibility index (Phi) is 3.38. The number of para-hydroxylation sites is 3. The van der Waals surface area contributed by atoms with Crippen molar-refractivity contribution in [1.29, 1.82) is 0 Å². The van der Waals surface area contributed by atoms with Gasteiger partial charge in [-0.15, -0.1) is 0 Å². The molecule has 0 N–H and O–H groups in total. The van der Waals surface area contributed by atoms with Gasteiger partial charge in [-0.2, -0.15) is 0 Å². The van der Waals surface area contributed by atoms with E-state index in [0.717, 1.165) is 28.1 Å². The third-order valence-corrected chi connectivity index (χ3v) is 3.67. The van der Waals surface area contributed by atoms with Gasteiger partial charge in [0.05, 0.1) is 11.0 Å². The maximum absolute atomic E-state index is 4.69. The van der Waals surface area contributed by atoms with Gasteiger partial charge in [0.1, 0.15) is 0 Å². The van der Waals surface area contributed by atoms with Crippen molar-refractivity contribution < 1.29 is 0 Å². The van der Waals surface area contributed by atoms with Crippen LogP contribution >= 0.6 is 0 Å². The monoisotopic (exact) mass is 294 g/mol. The molecular formula is C21H14N2. The molecule has 0 unspecified atom stereocenters. The second kappa shape index (κ2) is 5.82. The molecule has 0 aliphatic rings. The normalized spacial score (nSPS) is 10.3. The van der Waals surface area contributed by atoms with Crippen molar-refractivity contribution in [2.75, 3.05) is 0 Å². The van der Waals surface area contributed by atoms with Crippen LogP contribution in [0.15, 0.2) is 84.9 Å².